The van der Waals surface area contributed by atoms with Gasteiger partial charge in [0.2, 0.25) is 0 Å². The third-order valence-electron chi connectivity index (χ3n) is 4.87. The minimum absolute atomic E-state index is 0.261. The summed E-state index contributed by atoms with van der Waals surface area (Å²) in [5.74, 6) is -0.261. The summed E-state index contributed by atoms with van der Waals surface area (Å²) in [7, 11) is -0.646. The summed E-state index contributed by atoms with van der Waals surface area (Å²) in [5, 5.41) is 0. The summed E-state index contributed by atoms with van der Waals surface area (Å²) in [4.78, 5) is 2.25. The van der Waals surface area contributed by atoms with Crippen LogP contribution >= 0.6 is 0 Å². The molecule has 0 aromatic heterocycles. The number of nitrogens with zero attached hydrogens (tertiary/aromatic N) is 1. The van der Waals surface area contributed by atoms with Gasteiger partial charge < -0.3 is 9.31 Å². The maximum Gasteiger partial charge on any atom is 0.497 e. The van der Waals surface area contributed by atoms with Crippen LogP contribution in [0.2, 0.25) is 0 Å². The van der Waals surface area contributed by atoms with Crippen LogP contribution in [0.1, 0.15) is 47.1 Å². The number of rotatable bonds is 5. The molecule has 0 saturated carbocycles. The lowest BCUT2D eigenvalue weighted by molar-refractivity contribution is 0.00578. The van der Waals surface area contributed by atoms with Gasteiger partial charge in [0.25, 0.3) is 0 Å². The van der Waals surface area contributed by atoms with E-state index in [2.05, 4.69) is 18.7 Å². The first-order valence-electron chi connectivity index (χ1n) is 8.06. The normalized spacial score (nSPS) is 19.9. The zero-order valence-electron chi connectivity index (χ0n) is 14.6. The Kier molecular flexibility index (Phi) is 5.00. The average molecular weight is 307 g/mol. The fourth-order valence-electron chi connectivity index (χ4n) is 2.54. The van der Waals surface area contributed by atoms with Crippen LogP contribution in [-0.2, 0) is 15.9 Å². The summed E-state index contributed by atoms with van der Waals surface area (Å²) >= 11 is 0. The van der Waals surface area contributed by atoms with Gasteiger partial charge in [0.05, 0.1) is 11.2 Å². The van der Waals surface area contributed by atoms with Crippen molar-refractivity contribution in [3.63, 3.8) is 0 Å². The van der Waals surface area contributed by atoms with Gasteiger partial charge in [0, 0.05) is 12.0 Å². The van der Waals surface area contributed by atoms with Crippen LogP contribution in [0.25, 0.3) is 0 Å². The van der Waals surface area contributed by atoms with Crippen molar-refractivity contribution in [3.05, 3.63) is 29.6 Å². The van der Waals surface area contributed by atoms with Gasteiger partial charge in [-0.05, 0) is 52.4 Å². The summed E-state index contributed by atoms with van der Waals surface area (Å²) < 4.78 is 26.3. The maximum absolute atomic E-state index is 14.5. The van der Waals surface area contributed by atoms with E-state index in [4.69, 9.17) is 9.31 Å². The highest BCUT2D eigenvalue weighted by atomic mass is 19.1. The molecule has 5 heteroatoms. The van der Waals surface area contributed by atoms with Gasteiger partial charge in [-0.1, -0.05) is 26.0 Å². The Balaban J connectivity index is 2.18. The molecule has 122 valence electrons. The van der Waals surface area contributed by atoms with Gasteiger partial charge >= 0.3 is 7.12 Å². The molecule has 0 atom stereocenters. The van der Waals surface area contributed by atoms with E-state index in [1.54, 1.807) is 12.1 Å². The molecule has 1 aliphatic rings. The van der Waals surface area contributed by atoms with Gasteiger partial charge in [-0.2, -0.15) is 0 Å². The smallest absolute Gasteiger partial charge is 0.399 e. The summed E-state index contributed by atoms with van der Waals surface area (Å²) in [5.41, 5.74) is 0.539. The van der Waals surface area contributed by atoms with Crippen molar-refractivity contribution >= 4 is 12.6 Å². The molecular weight excluding hydrogens is 280 g/mol. The van der Waals surface area contributed by atoms with Crippen molar-refractivity contribution in [3.8, 4) is 0 Å². The summed E-state index contributed by atoms with van der Waals surface area (Å²) in [6, 6.07) is 5.34. The van der Waals surface area contributed by atoms with Gasteiger partial charge in [-0.15, -0.1) is 0 Å². The first-order chi connectivity index (χ1) is 10.2. The van der Waals surface area contributed by atoms with Gasteiger partial charge in [-0.25, -0.2) is 4.39 Å². The first-order valence-corrected chi connectivity index (χ1v) is 8.06. The highest BCUT2D eigenvalue weighted by molar-refractivity contribution is 6.62. The highest BCUT2D eigenvalue weighted by Gasteiger charge is 2.52. The number of halogens is 1. The lowest BCUT2D eigenvalue weighted by atomic mass is 9.78. The third-order valence-corrected chi connectivity index (χ3v) is 4.87. The second-order valence-corrected chi connectivity index (χ2v) is 6.91. The van der Waals surface area contributed by atoms with Crippen LogP contribution in [0.3, 0.4) is 0 Å². The molecule has 2 rings (SSSR count). The molecular formula is C17H27BFNO2. The molecule has 3 nitrogen and oxygen atoms in total. The van der Waals surface area contributed by atoms with E-state index in [1.165, 1.54) is 0 Å². The first kappa shape index (κ1) is 17.4. The van der Waals surface area contributed by atoms with Crippen molar-refractivity contribution in [1.82, 2.24) is 4.90 Å². The molecule has 0 radical (unpaired) electrons. The van der Waals surface area contributed by atoms with Crippen LogP contribution in [0, 0.1) is 5.82 Å². The van der Waals surface area contributed by atoms with Crippen molar-refractivity contribution in [1.29, 1.82) is 0 Å². The molecule has 0 unspecified atom stereocenters. The number of hydrogen-bond acceptors (Lipinski definition) is 3. The fraction of sp³-hybridized carbons (Fsp3) is 0.647. The van der Waals surface area contributed by atoms with Crippen molar-refractivity contribution in [2.75, 3.05) is 13.1 Å². The molecule has 1 aromatic rings. The molecule has 1 aromatic carbocycles. The monoisotopic (exact) mass is 307 g/mol. The SMILES string of the molecule is CCN(CC)Cc1ccc(B2OC(C)(C)C(C)(C)O2)c(F)c1. The van der Waals surface area contributed by atoms with Crippen molar-refractivity contribution < 1.29 is 13.7 Å². The lowest BCUT2D eigenvalue weighted by Crippen LogP contribution is -2.41. The predicted octanol–water partition coefficient (Wildman–Crippen LogP) is 2.97. The highest BCUT2D eigenvalue weighted by Crippen LogP contribution is 2.36. The van der Waals surface area contributed by atoms with Gasteiger partial charge in [-0.3, -0.25) is 4.90 Å². The zero-order valence-corrected chi connectivity index (χ0v) is 14.6. The zero-order chi connectivity index (χ0) is 16.5. The molecule has 0 amide bonds. The van der Waals surface area contributed by atoms with Crippen LogP contribution in [0.4, 0.5) is 4.39 Å². The van der Waals surface area contributed by atoms with E-state index < -0.39 is 18.3 Å². The van der Waals surface area contributed by atoms with E-state index >= 15 is 0 Å². The molecule has 0 N–H and O–H groups in total. The minimum Gasteiger partial charge on any atom is -0.399 e. The Labute approximate surface area is 133 Å². The second-order valence-electron chi connectivity index (χ2n) is 6.91. The molecule has 1 heterocycles. The second kappa shape index (κ2) is 6.30. The Morgan fingerprint density at radius 2 is 1.59 bits per heavy atom. The Bertz CT molecular complexity index is 513. The van der Waals surface area contributed by atoms with Crippen molar-refractivity contribution in [2.45, 2.75) is 59.3 Å². The largest absolute Gasteiger partial charge is 0.497 e. The van der Waals surface area contributed by atoms with Gasteiger partial charge in [0.15, 0.2) is 0 Å². The van der Waals surface area contributed by atoms with Crippen LogP contribution in [-0.4, -0.2) is 36.3 Å². The summed E-state index contributed by atoms with van der Waals surface area (Å²) in [6.07, 6.45) is 0. The predicted molar refractivity (Wildman–Crippen MR) is 88.7 cm³/mol. The van der Waals surface area contributed by atoms with E-state index in [-0.39, 0.29) is 5.82 Å². The van der Waals surface area contributed by atoms with Crippen molar-refractivity contribution in [2.24, 2.45) is 0 Å². The summed E-state index contributed by atoms with van der Waals surface area (Å²) in [6.45, 7) is 14.8. The minimum atomic E-state index is -0.646. The van der Waals surface area contributed by atoms with E-state index in [0.29, 0.717) is 5.46 Å². The number of hydrogen-bond donors (Lipinski definition) is 0. The van der Waals surface area contributed by atoms with E-state index in [1.807, 2.05) is 33.8 Å². The quantitative estimate of drug-likeness (QED) is 0.781. The van der Waals surface area contributed by atoms with Crippen LogP contribution in [0.5, 0.6) is 0 Å². The average Bonchev–Trinajstić information content (AvgIpc) is 2.64. The lowest BCUT2D eigenvalue weighted by Gasteiger charge is -2.32. The maximum atomic E-state index is 14.5. The molecule has 1 aliphatic heterocycles. The molecule has 22 heavy (non-hydrogen) atoms. The molecule has 0 aliphatic carbocycles. The molecule has 0 spiro atoms. The van der Waals surface area contributed by atoms with Crippen LogP contribution in [0.15, 0.2) is 18.2 Å². The Morgan fingerprint density at radius 1 is 1.05 bits per heavy atom. The Morgan fingerprint density at radius 3 is 2.05 bits per heavy atom. The van der Waals surface area contributed by atoms with E-state index in [9.17, 15) is 4.39 Å². The molecule has 1 fully saturated rings. The fourth-order valence-corrected chi connectivity index (χ4v) is 2.54. The standard InChI is InChI=1S/C17H27BFNO2/c1-7-20(8-2)12-13-9-10-14(15(19)11-13)18-21-16(3,4)17(5,6)22-18/h9-11H,7-8,12H2,1-6H3. The number of benzene rings is 1. The molecule has 0 bridgehead atoms. The molecule has 1 saturated heterocycles. The van der Waals surface area contributed by atoms with Crippen LogP contribution < -0.4 is 5.46 Å². The third kappa shape index (κ3) is 3.37. The van der Waals surface area contributed by atoms with E-state index in [0.717, 1.165) is 25.2 Å². The topological polar surface area (TPSA) is 21.7 Å². The van der Waals surface area contributed by atoms with Gasteiger partial charge in [0.1, 0.15) is 5.82 Å². The Hall–Kier alpha value is -0.905.